The molecule has 3 aromatic rings. The van der Waals surface area contributed by atoms with Crippen LogP contribution in [0.15, 0.2) is 42.5 Å². The molecule has 1 aromatic heterocycles. The smallest absolute Gasteiger partial charge is 0.387 e. The lowest BCUT2D eigenvalue weighted by Gasteiger charge is -2.11. The van der Waals surface area contributed by atoms with Gasteiger partial charge in [0, 0.05) is 6.54 Å². The molecule has 1 N–H and O–H groups in total. The Hall–Kier alpha value is -3.20. The van der Waals surface area contributed by atoms with E-state index in [0.717, 1.165) is 0 Å². The molecule has 0 aliphatic heterocycles. The highest BCUT2D eigenvalue weighted by atomic mass is 35.5. The van der Waals surface area contributed by atoms with Crippen molar-refractivity contribution in [3.05, 3.63) is 64.7 Å². The van der Waals surface area contributed by atoms with E-state index in [1.54, 1.807) is 31.2 Å². The van der Waals surface area contributed by atoms with Crippen molar-refractivity contribution in [2.75, 3.05) is 13.7 Å². The first-order valence-electron chi connectivity index (χ1n) is 8.97. The zero-order chi connectivity index (χ0) is 21.7. The molecular formula is C20H19ClF2N4O3. The van der Waals surface area contributed by atoms with Crippen LogP contribution in [0.4, 0.5) is 8.78 Å². The van der Waals surface area contributed by atoms with Crippen LogP contribution in [-0.4, -0.2) is 40.9 Å². The fourth-order valence-corrected chi connectivity index (χ4v) is 3.02. The lowest BCUT2D eigenvalue weighted by Crippen LogP contribution is -2.27. The van der Waals surface area contributed by atoms with Crippen LogP contribution in [0, 0.1) is 6.92 Å². The summed E-state index contributed by atoms with van der Waals surface area (Å²) in [6.07, 6.45) is 0.388. The average Bonchev–Trinajstić information content (AvgIpc) is 3.09. The van der Waals surface area contributed by atoms with Crippen molar-refractivity contribution in [1.29, 1.82) is 0 Å². The van der Waals surface area contributed by atoms with E-state index in [4.69, 9.17) is 16.3 Å². The first-order chi connectivity index (χ1) is 14.4. The van der Waals surface area contributed by atoms with Gasteiger partial charge < -0.3 is 14.8 Å². The molecule has 0 spiro atoms. The van der Waals surface area contributed by atoms with Gasteiger partial charge in [-0.1, -0.05) is 29.8 Å². The Labute approximate surface area is 176 Å². The van der Waals surface area contributed by atoms with Crippen LogP contribution >= 0.6 is 11.6 Å². The number of carbonyl (C=O) groups is 1. The fourth-order valence-electron chi connectivity index (χ4n) is 2.80. The zero-order valence-electron chi connectivity index (χ0n) is 16.2. The molecule has 0 unspecified atom stereocenters. The number of hydrogen-bond acceptors (Lipinski definition) is 5. The molecule has 1 heterocycles. The number of nitrogens with zero attached hydrogens (tertiary/aromatic N) is 3. The van der Waals surface area contributed by atoms with Crippen molar-refractivity contribution in [2.45, 2.75) is 20.0 Å². The van der Waals surface area contributed by atoms with Crippen LogP contribution in [0.25, 0.3) is 5.69 Å². The van der Waals surface area contributed by atoms with Gasteiger partial charge in [0.1, 0.15) is 5.82 Å². The number of methoxy groups -OCH3 is 1. The molecule has 3 rings (SSSR count). The molecule has 0 aliphatic rings. The molecule has 0 aliphatic carbocycles. The van der Waals surface area contributed by atoms with Crippen LogP contribution < -0.4 is 14.8 Å². The number of nitrogens with one attached hydrogen (secondary N) is 1. The lowest BCUT2D eigenvalue weighted by atomic mass is 10.1. The Bertz CT molecular complexity index is 1040. The normalized spacial score (nSPS) is 10.9. The predicted molar refractivity (Wildman–Crippen MR) is 107 cm³/mol. The van der Waals surface area contributed by atoms with Gasteiger partial charge in [-0.25, -0.2) is 9.67 Å². The molecule has 10 heteroatoms. The number of alkyl halides is 2. The van der Waals surface area contributed by atoms with Gasteiger partial charge in [0.2, 0.25) is 5.82 Å². The molecule has 7 nitrogen and oxygen atoms in total. The van der Waals surface area contributed by atoms with Crippen LogP contribution in [0.5, 0.6) is 11.5 Å². The minimum Gasteiger partial charge on any atom is -0.493 e. The third-order valence-electron chi connectivity index (χ3n) is 4.20. The maximum atomic E-state index is 12.5. The van der Waals surface area contributed by atoms with Crippen molar-refractivity contribution in [3.63, 3.8) is 0 Å². The summed E-state index contributed by atoms with van der Waals surface area (Å²) in [4.78, 5) is 16.6. The third kappa shape index (κ3) is 5.04. The average molecular weight is 437 g/mol. The molecule has 0 bridgehead atoms. The summed E-state index contributed by atoms with van der Waals surface area (Å²) in [6, 6.07) is 11.8. The summed E-state index contributed by atoms with van der Waals surface area (Å²) >= 11 is 6.18. The monoisotopic (exact) mass is 436 g/mol. The van der Waals surface area contributed by atoms with E-state index in [9.17, 15) is 13.6 Å². The van der Waals surface area contributed by atoms with Crippen LogP contribution in [0.2, 0.25) is 5.02 Å². The van der Waals surface area contributed by atoms with E-state index in [1.807, 2.05) is 6.07 Å². The van der Waals surface area contributed by atoms with E-state index in [1.165, 1.54) is 23.9 Å². The molecule has 0 saturated carbocycles. The quantitative estimate of drug-likeness (QED) is 0.581. The van der Waals surface area contributed by atoms with Crippen molar-refractivity contribution >= 4 is 17.5 Å². The maximum absolute atomic E-state index is 12.5. The van der Waals surface area contributed by atoms with Gasteiger partial charge >= 0.3 is 6.61 Å². The number of hydrogen-bond donors (Lipinski definition) is 1. The van der Waals surface area contributed by atoms with Gasteiger partial charge in [-0.05, 0) is 43.2 Å². The molecule has 0 radical (unpaired) electrons. The van der Waals surface area contributed by atoms with Gasteiger partial charge in [-0.15, -0.1) is 5.10 Å². The highest BCUT2D eigenvalue weighted by Crippen LogP contribution is 2.29. The Morgan fingerprint density at radius 3 is 2.70 bits per heavy atom. The molecular weight excluding hydrogens is 418 g/mol. The van der Waals surface area contributed by atoms with E-state index in [-0.39, 0.29) is 23.9 Å². The second-order valence-electron chi connectivity index (χ2n) is 6.22. The second kappa shape index (κ2) is 9.53. The number of rotatable bonds is 8. The summed E-state index contributed by atoms with van der Waals surface area (Å²) in [5, 5.41) is 7.42. The minimum absolute atomic E-state index is 0.00359. The molecule has 0 saturated heterocycles. The number of amides is 1. The minimum atomic E-state index is -2.96. The highest BCUT2D eigenvalue weighted by molar-refractivity contribution is 6.32. The van der Waals surface area contributed by atoms with Crippen molar-refractivity contribution in [3.8, 4) is 17.2 Å². The Morgan fingerprint density at radius 2 is 2.00 bits per heavy atom. The Kier molecular flexibility index (Phi) is 6.83. The van der Waals surface area contributed by atoms with E-state index >= 15 is 0 Å². The maximum Gasteiger partial charge on any atom is 0.387 e. The Morgan fingerprint density at radius 1 is 1.23 bits per heavy atom. The number of benzene rings is 2. The number of halogens is 3. The number of para-hydroxylation sites is 1. The van der Waals surface area contributed by atoms with Crippen LogP contribution in [0.3, 0.4) is 0 Å². The van der Waals surface area contributed by atoms with Crippen LogP contribution in [-0.2, 0) is 6.42 Å². The number of ether oxygens (including phenoxy) is 2. The summed E-state index contributed by atoms with van der Waals surface area (Å²) in [7, 11) is 1.37. The summed E-state index contributed by atoms with van der Waals surface area (Å²) in [5.74, 6) is 0.197. The summed E-state index contributed by atoms with van der Waals surface area (Å²) < 4.78 is 36.0. The van der Waals surface area contributed by atoms with Crippen molar-refractivity contribution in [2.24, 2.45) is 0 Å². The Balaban J connectivity index is 1.64. The van der Waals surface area contributed by atoms with Gasteiger partial charge in [0.25, 0.3) is 5.91 Å². The van der Waals surface area contributed by atoms with Gasteiger partial charge in [-0.2, -0.15) is 8.78 Å². The first kappa shape index (κ1) is 21.5. The van der Waals surface area contributed by atoms with Crippen molar-refractivity contribution < 1.29 is 23.0 Å². The van der Waals surface area contributed by atoms with Gasteiger partial charge in [-0.3, -0.25) is 4.79 Å². The van der Waals surface area contributed by atoms with Crippen molar-refractivity contribution in [1.82, 2.24) is 20.1 Å². The van der Waals surface area contributed by atoms with Crippen LogP contribution in [0.1, 0.15) is 22.0 Å². The SMILES string of the molecule is COc1ccc(CCNC(=O)c2nc(C)n(-c3ccccc3Cl)n2)cc1OC(F)F. The third-order valence-corrected chi connectivity index (χ3v) is 4.52. The number of aryl methyl sites for hydroxylation is 1. The first-order valence-corrected chi connectivity index (χ1v) is 9.35. The van der Waals surface area contributed by atoms with Gasteiger partial charge in [0.05, 0.1) is 17.8 Å². The standard InChI is InChI=1S/C20H19ClF2N4O3/c1-12-25-18(26-27(12)15-6-4-3-5-14(15)21)19(28)24-10-9-13-7-8-16(29-2)17(11-13)30-20(22)23/h3-8,11,20H,9-10H2,1-2H3,(H,24,28). The highest BCUT2D eigenvalue weighted by Gasteiger charge is 2.16. The zero-order valence-corrected chi connectivity index (χ0v) is 17.0. The predicted octanol–water partition coefficient (Wildman–Crippen LogP) is 3.81. The molecule has 30 heavy (non-hydrogen) atoms. The molecule has 2 aromatic carbocycles. The van der Waals surface area contributed by atoms with E-state index in [0.29, 0.717) is 28.5 Å². The fraction of sp³-hybridized carbons (Fsp3) is 0.250. The second-order valence-corrected chi connectivity index (χ2v) is 6.62. The topological polar surface area (TPSA) is 78.3 Å². The largest absolute Gasteiger partial charge is 0.493 e. The molecule has 0 fully saturated rings. The molecule has 1 amide bonds. The lowest BCUT2D eigenvalue weighted by molar-refractivity contribution is -0.0512. The number of aromatic nitrogens is 3. The molecule has 158 valence electrons. The summed E-state index contributed by atoms with van der Waals surface area (Å²) in [5.41, 5.74) is 1.31. The van der Waals surface area contributed by atoms with E-state index < -0.39 is 12.5 Å². The molecule has 0 atom stereocenters. The summed E-state index contributed by atoms with van der Waals surface area (Å²) in [6.45, 7) is -0.995. The number of carbonyl (C=O) groups excluding carboxylic acids is 1. The van der Waals surface area contributed by atoms with Gasteiger partial charge in [0.15, 0.2) is 11.5 Å². The van der Waals surface area contributed by atoms with E-state index in [2.05, 4.69) is 20.1 Å².